The van der Waals surface area contributed by atoms with Gasteiger partial charge in [0.1, 0.15) is 0 Å². The summed E-state index contributed by atoms with van der Waals surface area (Å²) in [5.41, 5.74) is 0.987. The summed E-state index contributed by atoms with van der Waals surface area (Å²) >= 11 is 3.15. The lowest BCUT2D eigenvalue weighted by molar-refractivity contribution is -0.136. The number of carboxylic acids is 2. The highest BCUT2D eigenvalue weighted by Gasteiger charge is 2.20. The molecule has 6 heteroatoms. The quantitative estimate of drug-likeness (QED) is 0.471. The van der Waals surface area contributed by atoms with E-state index in [1.54, 1.807) is 25.1 Å². The van der Waals surface area contributed by atoms with E-state index in [4.69, 9.17) is 10.2 Å². The topological polar surface area (TPSA) is 91.7 Å². The molecule has 0 aliphatic carbocycles. The Hall–Kier alpha value is -1.95. The molecule has 0 bridgehead atoms. The predicted molar refractivity (Wildman–Crippen MR) is 77.2 cm³/mol. The molecule has 0 radical (unpaired) electrons. The summed E-state index contributed by atoms with van der Waals surface area (Å²) in [5.74, 6) is -2.48. The third kappa shape index (κ3) is 4.31. The van der Waals surface area contributed by atoms with Crippen molar-refractivity contribution < 1.29 is 24.6 Å². The number of carbonyl (C=O) groups is 3. The number of carbonyl (C=O) groups excluding carboxylic acids is 1. The summed E-state index contributed by atoms with van der Waals surface area (Å²) in [7, 11) is 0. The van der Waals surface area contributed by atoms with E-state index in [2.05, 4.69) is 15.9 Å². The van der Waals surface area contributed by atoms with Crippen LogP contribution in [-0.2, 0) is 16.0 Å². The minimum atomic E-state index is -1.14. The van der Waals surface area contributed by atoms with E-state index >= 15 is 0 Å². The number of alkyl halides is 1. The fourth-order valence-electron chi connectivity index (χ4n) is 1.73. The van der Waals surface area contributed by atoms with E-state index in [9.17, 15) is 14.4 Å². The SMILES string of the molecule is CC(Br)C(=O)c1c(C=CC(=O)O)cccc1CC(=O)O. The van der Waals surface area contributed by atoms with Gasteiger partial charge in [-0.15, -0.1) is 0 Å². The van der Waals surface area contributed by atoms with Crippen LogP contribution in [0.5, 0.6) is 0 Å². The van der Waals surface area contributed by atoms with E-state index in [0.717, 1.165) is 6.08 Å². The Balaban J connectivity index is 3.39. The fraction of sp³-hybridized carbons (Fsp3) is 0.214. The molecule has 0 saturated carbocycles. The summed E-state index contributed by atoms with van der Waals surface area (Å²) in [6.07, 6.45) is 1.90. The van der Waals surface area contributed by atoms with Crippen LogP contribution in [0.4, 0.5) is 0 Å². The van der Waals surface area contributed by atoms with Crippen molar-refractivity contribution in [3.63, 3.8) is 0 Å². The van der Waals surface area contributed by atoms with Crippen LogP contribution in [-0.4, -0.2) is 32.8 Å². The van der Waals surface area contributed by atoms with Crippen molar-refractivity contribution >= 4 is 39.7 Å². The first kappa shape index (κ1) is 16.1. The molecular formula is C14H13BrO5. The Kier molecular flexibility index (Phi) is 5.64. The molecule has 0 aliphatic heterocycles. The minimum absolute atomic E-state index is 0.233. The predicted octanol–water partition coefficient (Wildman–Crippen LogP) is 2.38. The summed E-state index contributed by atoms with van der Waals surface area (Å²) in [5, 5.41) is 17.5. The molecule has 20 heavy (non-hydrogen) atoms. The van der Waals surface area contributed by atoms with E-state index in [-0.39, 0.29) is 17.8 Å². The number of aliphatic carboxylic acids is 2. The lowest BCUT2D eigenvalue weighted by Crippen LogP contribution is -2.16. The van der Waals surface area contributed by atoms with Gasteiger partial charge in [-0.25, -0.2) is 4.79 Å². The van der Waals surface area contributed by atoms with E-state index in [1.165, 1.54) is 6.08 Å². The number of benzene rings is 1. The summed E-state index contributed by atoms with van der Waals surface area (Å²) < 4.78 is 0. The highest BCUT2D eigenvalue weighted by Crippen LogP contribution is 2.21. The average molecular weight is 341 g/mol. The molecule has 1 atom stereocenters. The second-order valence-electron chi connectivity index (χ2n) is 4.10. The standard InChI is InChI=1S/C14H13BrO5/c1-8(15)14(20)13-9(5-6-11(16)17)3-2-4-10(13)7-12(18)19/h2-6,8H,7H2,1H3,(H,16,17)(H,18,19). The fourth-order valence-corrected chi connectivity index (χ4v) is 1.96. The molecule has 0 saturated heterocycles. The lowest BCUT2D eigenvalue weighted by atomic mass is 9.94. The van der Waals surface area contributed by atoms with Gasteiger partial charge in [0.25, 0.3) is 0 Å². The molecule has 2 N–H and O–H groups in total. The monoisotopic (exact) mass is 340 g/mol. The maximum absolute atomic E-state index is 12.2. The number of ketones is 1. The number of Topliss-reactive ketones (excluding diaryl/α,β-unsaturated/α-hetero) is 1. The Morgan fingerprint density at radius 2 is 1.95 bits per heavy atom. The van der Waals surface area contributed by atoms with Crippen LogP contribution in [0.2, 0.25) is 0 Å². The van der Waals surface area contributed by atoms with Crippen molar-refractivity contribution in [1.29, 1.82) is 0 Å². The smallest absolute Gasteiger partial charge is 0.328 e. The molecule has 0 spiro atoms. The van der Waals surface area contributed by atoms with Crippen LogP contribution >= 0.6 is 15.9 Å². The zero-order chi connectivity index (χ0) is 15.3. The first-order valence-corrected chi connectivity index (χ1v) is 6.67. The van der Waals surface area contributed by atoms with Crippen LogP contribution in [0.15, 0.2) is 24.3 Å². The Morgan fingerprint density at radius 3 is 2.45 bits per heavy atom. The van der Waals surface area contributed by atoms with Gasteiger partial charge in [-0.2, -0.15) is 0 Å². The van der Waals surface area contributed by atoms with Crippen LogP contribution in [0.3, 0.4) is 0 Å². The maximum atomic E-state index is 12.2. The van der Waals surface area contributed by atoms with E-state index in [1.807, 2.05) is 0 Å². The van der Waals surface area contributed by atoms with Crippen molar-refractivity contribution in [3.8, 4) is 0 Å². The van der Waals surface area contributed by atoms with Gasteiger partial charge in [-0.05, 0) is 24.1 Å². The van der Waals surface area contributed by atoms with Gasteiger partial charge in [0.15, 0.2) is 5.78 Å². The average Bonchev–Trinajstić information content (AvgIpc) is 2.34. The van der Waals surface area contributed by atoms with Crippen LogP contribution in [0, 0.1) is 0 Å². The van der Waals surface area contributed by atoms with Crippen molar-refractivity contribution in [3.05, 3.63) is 41.0 Å². The second kappa shape index (κ2) is 7.00. The van der Waals surface area contributed by atoms with Gasteiger partial charge < -0.3 is 10.2 Å². The normalized spacial score (nSPS) is 12.3. The first-order valence-electron chi connectivity index (χ1n) is 5.76. The first-order chi connectivity index (χ1) is 9.32. The second-order valence-corrected chi connectivity index (χ2v) is 5.48. The molecule has 0 fully saturated rings. The number of rotatable bonds is 6. The number of carboxylic acid groups (broad SMARTS) is 2. The Morgan fingerprint density at radius 1 is 1.30 bits per heavy atom. The molecule has 0 heterocycles. The summed E-state index contributed by atoms with van der Waals surface area (Å²) in [4.78, 5) is 33.1. The third-order valence-electron chi connectivity index (χ3n) is 2.54. The minimum Gasteiger partial charge on any atom is -0.481 e. The molecule has 1 rings (SSSR count). The molecule has 1 aromatic rings. The Bertz CT molecular complexity index is 575. The van der Waals surface area contributed by atoms with Gasteiger partial charge in [0.05, 0.1) is 11.2 Å². The number of halogens is 1. The highest BCUT2D eigenvalue weighted by molar-refractivity contribution is 9.10. The van der Waals surface area contributed by atoms with Crippen LogP contribution in [0.1, 0.15) is 28.4 Å². The van der Waals surface area contributed by atoms with Gasteiger partial charge in [-0.3, -0.25) is 9.59 Å². The number of hydrogen-bond acceptors (Lipinski definition) is 3. The highest BCUT2D eigenvalue weighted by atomic mass is 79.9. The molecule has 0 amide bonds. The summed E-state index contributed by atoms with van der Waals surface area (Å²) in [6.45, 7) is 1.63. The zero-order valence-electron chi connectivity index (χ0n) is 10.7. The maximum Gasteiger partial charge on any atom is 0.328 e. The van der Waals surface area contributed by atoms with Crippen molar-refractivity contribution in [1.82, 2.24) is 0 Å². The zero-order valence-corrected chi connectivity index (χ0v) is 12.3. The molecule has 1 aromatic carbocycles. The molecular weight excluding hydrogens is 328 g/mol. The van der Waals surface area contributed by atoms with Crippen LogP contribution in [0.25, 0.3) is 6.08 Å². The molecule has 0 aliphatic rings. The van der Waals surface area contributed by atoms with Crippen molar-refractivity contribution in [2.24, 2.45) is 0 Å². The lowest BCUT2D eigenvalue weighted by Gasteiger charge is -2.12. The summed E-state index contributed by atoms with van der Waals surface area (Å²) in [6, 6.07) is 4.72. The van der Waals surface area contributed by atoms with Gasteiger partial charge >= 0.3 is 11.9 Å². The van der Waals surface area contributed by atoms with E-state index in [0.29, 0.717) is 11.1 Å². The molecule has 1 unspecified atom stereocenters. The largest absolute Gasteiger partial charge is 0.481 e. The van der Waals surface area contributed by atoms with Gasteiger partial charge in [0.2, 0.25) is 0 Å². The Labute approximate surface area is 124 Å². The van der Waals surface area contributed by atoms with Crippen molar-refractivity contribution in [2.75, 3.05) is 0 Å². The van der Waals surface area contributed by atoms with E-state index < -0.39 is 16.8 Å². The van der Waals surface area contributed by atoms with Gasteiger partial charge in [-0.1, -0.05) is 34.1 Å². The van der Waals surface area contributed by atoms with Crippen molar-refractivity contribution in [2.45, 2.75) is 18.2 Å². The third-order valence-corrected chi connectivity index (χ3v) is 2.95. The molecule has 0 aromatic heterocycles. The molecule has 106 valence electrons. The van der Waals surface area contributed by atoms with Gasteiger partial charge in [0, 0.05) is 11.6 Å². The molecule has 5 nitrogen and oxygen atoms in total. The number of hydrogen-bond donors (Lipinski definition) is 2. The van der Waals surface area contributed by atoms with Crippen LogP contribution < -0.4 is 0 Å².